The van der Waals surface area contributed by atoms with E-state index in [1.165, 1.54) is 17.8 Å². The molecule has 3 heterocycles. The predicted molar refractivity (Wildman–Crippen MR) is 129 cm³/mol. The summed E-state index contributed by atoms with van der Waals surface area (Å²) in [6.45, 7) is 2.36. The van der Waals surface area contributed by atoms with E-state index in [4.69, 9.17) is 10.7 Å². The van der Waals surface area contributed by atoms with E-state index in [9.17, 15) is 14.4 Å². The Morgan fingerprint density at radius 2 is 1.85 bits per heavy atom. The molecule has 1 aromatic carbocycles. The summed E-state index contributed by atoms with van der Waals surface area (Å²) in [5.41, 5.74) is 7.66. The number of hydrogen-bond donors (Lipinski definition) is 1. The van der Waals surface area contributed by atoms with Gasteiger partial charge in [0.1, 0.15) is 5.65 Å². The molecular weight excluding hydrogens is 438 g/mol. The molecular formula is C24H25N5O3S. The van der Waals surface area contributed by atoms with Crippen molar-refractivity contribution in [3.63, 3.8) is 0 Å². The summed E-state index contributed by atoms with van der Waals surface area (Å²) in [5.74, 6) is 0.0938. The van der Waals surface area contributed by atoms with Crippen molar-refractivity contribution in [1.82, 2.24) is 18.9 Å². The van der Waals surface area contributed by atoms with Gasteiger partial charge in [0.15, 0.2) is 5.16 Å². The molecule has 0 spiro atoms. The summed E-state index contributed by atoms with van der Waals surface area (Å²) in [4.78, 5) is 46.0. The number of carbonyl (C=O) groups excluding carboxylic acids is 1. The van der Waals surface area contributed by atoms with E-state index in [1.54, 1.807) is 21.1 Å². The Hall–Kier alpha value is -3.46. The predicted octanol–water partition coefficient (Wildman–Crippen LogP) is 3.05. The molecule has 3 aromatic heterocycles. The van der Waals surface area contributed by atoms with E-state index in [0.29, 0.717) is 52.5 Å². The van der Waals surface area contributed by atoms with Crippen molar-refractivity contribution in [1.29, 1.82) is 0 Å². The number of nitrogens with two attached hydrogens (primary N) is 1. The molecule has 8 nitrogen and oxygen atoms in total. The minimum Gasteiger partial charge on any atom is -0.370 e. The van der Waals surface area contributed by atoms with Gasteiger partial charge in [-0.1, -0.05) is 36.4 Å². The third-order valence-electron chi connectivity index (χ3n) is 5.41. The molecule has 0 bridgehead atoms. The van der Waals surface area contributed by atoms with Crippen molar-refractivity contribution in [3.8, 4) is 0 Å². The molecule has 0 atom stereocenters. The van der Waals surface area contributed by atoms with Crippen LogP contribution in [0.1, 0.15) is 37.1 Å². The number of unbranched alkanes of at least 4 members (excludes halogenated alkanes) is 2. The van der Waals surface area contributed by atoms with Crippen LogP contribution in [0.2, 0.25) is 0 Å². The zero-order chi connectivity index (χ0) is 23.4. The molecule has 0 radical (unpaired) electrons. The normalized spacial score (nSPS) is 11.3. The van der Waals surface area contributed by atoms with Gasteiger partial charge in [-0.05, 0) is 44.0 Å². The van der Waals surface area contributed by atoms with Gasteiger partial charge in [0.05, 0.1) is 16.6 Å². The Bertz CT molecular complexity index is 1440. The maximum Gasteiger partial charge on any atom is 0.262 e. The zero-order valence-electron chi connectivity index (χ0n) is 18.4. The Kier molecular flexibility index (Phi) is 6.88. The third-order valence-corrected chi connectivity index (χ3v) is 6.42. The molecule has 1 amide bonds. The number of thioether (sulfide) groups is 1. The molecule has 0 saturated heterocycles. The van der Waals surface area contributed by atoms with Crippen LogP contribution in [0.5, 0.6) is 0 Å². The zero-order valence-corrected chi connectivity index (χ0v) is 19.2. The van der Waals surface area contributed by atoms with Gasteiger partial charge in [0.2, 0.25) is 5.91 Å². The fourth-order valence-electron chi connectivity index (χ4n) is 3.78. The number of hydrogen-bond acceptors (Lipinski definition) is 6. The van der Waals surface area contributed by atoms with Crippen LogP contribution in [-0.4, -0.2) is 24.8 Å². The van der Waals surface area contributed by atoms with Gasteiger partial charge in [-0.3, -0.25) is 23.4 Å². The lowest BCUT2D eigenvalue weighted by molar-refractivity contribution is -0.118. The summed E-state index contributed by atoms with van der Waals surface area (Å²) >= 11 is 1.39. The number of carbonyl (C=O) groups is 1. The molecule has 0 fully saturated rings. The molecule has 9 heteroatoms. The summed E-state index contributed by atoms with van der Waals surface area (Å²) in [6, 6.07) is 14.3. The van der Waals surface area contributed by atoms with Crippen molar-refractivity contribution >= 4 is 34.2 Å². The maximum absolute atomic E-state index is 13.2. The average molecular weight is 464 g/mol. The molecule has 0 aliphatic heterocycles. The van der Waals surface area contributed by atoms with Gasteiger partial charge < -0.3 is 5.73 Å². The summed E-state index contributed by atoms with van der Waals surface area (Å²) in [6.07, 6.45) is 2.55. The highest BCUT2D eigenvalue weighted by Gasteiger charge is 2.13. The topological polar surface area (TPSA) is 112 Å². The minimum absolute atomic E-state index is 0.0971. The lowest BCUT2D eigenvalue weighted by atomic mass is 10.2. The molecule has 2 N–H and O–H groups in total. The van der Waals surface area contributed by atoms with Crippen molar-refractivity contribution in [2.45, 2.75) is 50.1 Å². The van der Waals surface area contributed by atoms with E-state index < -0.39 is 0 Å². The van der Waals surface area contributed by atoms with Crippen molar-refractivity contribution in [2.75, 3.05) is 0 Å². The number of fused-ring (bicyclic) bond motifs is 2. The van der Waals surface area contributed by atoms with Crippen LogP contribution in [-0.2, 0) is 17.1 Å². The molecule has 170 valence electrons. The summed E-state index contributed by atoms with van der Waals surface area (Å²) < 4.78 is 3.25. The van der Waals surface area contributed by atoms with Gasteiger partial charge >= 0.3 is 0 Å². The number of pyridine rings is 1. The van der Waals surface area contributed by atoms with Crippen LogP contribution in [0.4, 0.5) is 0 Å². The van der Waals surface area contributed by atoms with Crippen LogP contribution >= 0.6 is 11.8 Å². The second kappa shape index (κ2) is 9.99. The van der Waals surface area contributed by atoms with E-state index in [1.807, 2.05) is 37.3 Å². The van der Waals surface area contributed by atoms with E-state index in [2.05, 4.69) is 4.98 Å². The van der Waals surface area contributed by atoms with Gasteiger partial charge in [-0.2, -0.15) is 0 Å². The Labute approximate surface area is 194 Å². The van der Waals surface area contributed by atoms with Crippen LogP contribution in [0.25, 0.3) is 16.6 Å². The van der Waals surface area contributed by atoms with Crippen molar-refractivity contribution in [3.05, 3.63) is 80.6 Å². The number of aryl methyl sites for hydroxylation is 1. The highest BCUT2D eigenvalue weighted by Crippen LogP contribution is 2.22. The average Bonchev–Trinajstić information content (AvgIpc) is 2.78. The quantitative estimate of drug-likeness (QED) is 0.232. The second-order valence-electron chi connectivity index (χ2n) is 7.88. The first-order chi connectivity index (χ1) is 15.9. The number of amides is 1. The van der Waals surface area contributed by atoms with Crippen molar-refractivity contribution in [2.24, 2.45) is 5.73 Å². The Balaban J connectivity index is 1.61. The first kappa shape index (κ1) is 22.7. The van der Waals surface area contributed by atoms with Gasteiger partial charge in [0.25, 0.3) is 11.1 Å². The van der Waals surface area contributed by atoms with Crippen molar-refractivity contribution < 1.29 is 4.79 Å². The van der Waals surface area contributed by atoms with Crippen LogP contribution < -0.4 is 16.9 Å². The maximum atomic E-state index is 13.2. The molecule has 4 aromatic rings. The number of aromatic nitrogens is 4. The lowest BCUT2D eigenvalue weighted by Gasteiger charge is -2.13. The summed E-state index contributed by atoms with van der Waals surface area (Å²) in [7, 11) is 0. The van der Waals surface area contributed by atoms with Gasteiger partial charge in [-0.25, -0.2) is 9.97 Å². The SMILES string of the molecule is Cc1cccc2nc(CSc3nc4ccccc4c(=O)n3CCCCCC(N)=O)cc(=O)n12. The molecule has 0 unspecified atom stereocenters. The fourth-order valence-corrected chi connectivity index (χ4v) is 4.69. The Morgan fingerprint density at radius 3 is 2.67 bits per heavy atom. The standard InChI is InChI=1S/C24H25N5O3S/c1-16-8-7-12-21-26-17(14-22(31)29(16)21)15-33-24-27-19-10-5-4-9-18(19)23(32)28(24)13-6-2-3-11-20(25)30/h4-5,7-10,12,14H,2-3,6,11,13,15H2,1H3,(H2,25,30). The van der Waals surface area contributed by atoms with E-state index >= 15 is 0 Å². The minimum atomic E-state index is -0.315. The lowest BCUT2D eigenvalue weighted by Crippen LogP contribution is -2.23. The fraction of sp³-hybridized carbons (Fsp3) is 0.292. The molecule has 4 rings (SSSR count). The monoisotopic (exact) mass is 463 g/mol. The largest absolute Gasteiger partial charge is 0.370 e. The number of benzene rings is 1. The first-order valence-electron chi connectivity index (χ1n) is 10.8. The highest BCUT2D eigenvalue weighted by atomic mass is 32.2. The first-order valence-corrected chi connectivity index (χ1v) is 11.8. The van der Waals surface area contributed by atoms with Crippen LogP contribution in [0.15, 0.2) is 63.3 Å². The van der Waals surface area contributed by atoms with Gasteiger partial charge in [0, 0.05) is 30.5 Å². The third kappa shape index (κ3) is 5.14. The highest BCUT2D eigenvalue weighted by molar-refractivity contribution is 7.98. The number of para-hydroxylation sites is 1. The number of nitrogens with zero attached hydrogens (tertiary/aromatic N) is 4. The molecule has 0 saturated carbocycles. The number of primary amides is 1. The van der Waals surface area contributed by atoms with E-state index in [-0.39, 0.29) is 17.0 Å². The molecule has 0 aliphatic rings. The molecule has 33 heavy (non-hydrogen) atoms. The number of rotatable bonds is 9. The summed E-state index contributed by atoms with van der Waals surface area (Å²) in [5, 5.41) is 1.15. The van der Waals surface area contributed by atoms with Crippen LogP contribution in [0, 0.1) is 6.92 Å². The van der Waals surface area contributed by atoms with Gasteiger partial charge in [-0.15, -0.1) is 0 Å². The van der Waals surface area contributed by atoms with Crippen LogP contribution in [0.3, 0.4) is 0 Å². The second-order valence-corrected chi connectivity index (χ2v) is 8.82. The Morgan fingerprint density at radius 1 is 1.03 bits per heavy atom. The smallest absolute Gasteiger partial charge is 0.262 e. The molecule has 0 aliphatic carbocycles. The van der Waals surface area contributed by atoms with E-state index in [0.717, 1.165) is 18.5 Å².